The second-order valence-electron chi connectivity index (χ2n) is 2.69. The minimum atomic E-state index is 0.878. The van der Waals surface area contributed by atoms with Crippen LogP contribution >= 0.6 is 0 Å². The summed E-state index contributed by atoms with van der Waals surface area (Å²) in [6, 6.07) is 0. The molecule has 2 fully saturated rings. The summed E-state index contributed by atoms with van der Waals surface area (Å²) in [7, 11) is 0. The van der Waals surface area contributed by atoms with Gasteiger partial charge in [-0.1, -0.05) is 6.42 Å². The summed E-state index contributed by atoms with van der Waals surface area (Å²) in [5.41, 5.74) is 0. The third-order valence-corrected chi connectivity index (χ3v) is 2.20. The van der Waals surface area contributed by atoms with E-state index in [1.54, 1.807) is 0 Å². The van der Waals surface area contributed by atoms with E-state index in [9.17, 15) is 0 Å². The molecular formula is C7H11O. The van der Waals surface area contributed by atoms with Crippen LogP contribution in [0.15, 0.2) is 0 Å². The van der Waals surface area contributed by atoms with Crippen LogP contribution in [0.4, 0.5) is 0 Å². The van der Waals surface area contributed by atoms with Gasteiger partial charge in [-0.25, -0.2) is 0 Å². The maximum absolute atomic E-state index is 5.25. The molecule has 2 aliphatic rings. The Morgan fingerprint density at radius 1 is 1.38 bits per heavy atom. The summed E-state index contributed by atoms with van der Waals surface area (Å²) in [5, 5.41) is 0. The average molecular weight is 111 g/mol. The van der Waals surface area contributed by atoms with E-state index in [0.29, 0.717) is 0 Å². The second kappa shape index (κ2) is 1.73. The number of hydrogen-bond acceptors (Lipinski definition) is 1. The van der Waals surface area contributed by atoms with Gasteiger partial charge in [-0.15, -0.1) is 0 Å². The minimum Gasteiger partial charge on any atom is -0.371 e. The molecule has 1 heteroatoms. The zero-order chi connectivity index (χ0) is 5.40. The van der Waals surface area contributed by atoms with Crippen LogP contribution < -0.4 is 0 Å². The van der Waals surface area contributed by atoms with E-state index >= 15 is 0 Å². The van der Waals surface area contributed by atoms with Crippen molar-refractivity contribution in [1.29, 1.82) is 0 Å². The molecule has 0 aromatic rings. The van der Waals surface area contributed by atoms with Gasteiger partial charge in [0.1, 0.15) is 6.10 Å². The second-order valence-corrected chi connectivity index (χ2v) is 2.69. The topological polar surface area (TPSA) is 9.23 Å². The Bertz CT molecular complexity index is 70.4. The first-order valence-electron chi connectivity index (χ1n) is 3.45. The molecule has 8 heavy (non-hydrogen) atoms. The maximum Gasteiger partial charge on any atom is 0.102 e. The molecular weight excluding hydrogens is 100 g/mol. The van der Waals surface area contributed by atoms with E-state index in [1.165, 1.54) is 31.8 Å². The van der Waals surface area contributed by atoms with Gasteiger partial charge < -0.3 is 4.74 Å². The highest BCUT2D eigenvalue weighted by atomic mass is 16.5. The molecule has 0 spiro atoms. The highest BCUT2D eigenvalue weighted by molar-refractivity contribution is 4.96. The molecule has 1 radical (unpaired) electrons. The van der Waals surface area contributed by atoms with Gasteiger partial charge in [0.25, 0.3) is 0 Å². The molecule has 1 aliphatic heterocycles. The normalized spacial score (nSPS) is 31.5. The molecule has 1 nitrogen and oxygen atoms in total. The summed E-state index contributed by atoms with van der Waals surface area (Å²) in [4.78, 5) is 0. The monoisotopic (exact) mass is 111 g/mol. The van der Waals surface area contributed by atoms with Crippen LogP contribution in [0.25, 0.3) is 0 Å². The Hall–Kier alpha value is -0.0400. The molecule has 0 aromatic heterocycles. The highest BCUT2D eigenvalue weighted by Crippen LogP contribution is 2.41. The molecule has 1 saturated heterocycles. The molecule has 0 N–H and O–H groups in total. The zero-order valence-corrected chi connectivity index (χ0v) is 5.02. The van der Waals surface area contributed by atoms with Crippen LogP contribution in [-0.2, 0) is 4.74 Å². The lowest BCUT2D eigenvalue weighted by Crippen LogP contribution is -2.30. The standard InChI is InChI=1S/C7H11O/c1-2-6(3-1)7-4-5-8-7/h6H,1-5H2. The van der Waals surface area contributed by atoms with Crippen LogP contribution in [0, 0.1) is 12.0 Å². The van der Waals surface area contributed by atoms with E-state index < -0.39 is 0 Å². The van der Waals surface area contributed by atoms with E-state index in [4.69, 9.17) is 4.74 Å². The third kappa shape index (κ3) is 0.576. The van der Waals surface area contributed by atoms with Gasteiger partial charge in [-0.05, 0) is 18.8 Å². The van der Waals surface area contributed by atoms with Crippen LogP contribution in [0.3, 0.4) is 0 Å². The average Bonchev–Trinajstić information content (AvgIpc) is 1.47. The lowest BCUT2D eigenvalue weighted by atomic mass is 9.79. The van der Waals surface area contributed by atoms with Crippen LogP contribution in [0.2, 0.25) is 0 Å². The van der Waals surface area contributed by atoms with Crippen molar-refractivity contribution in [2.24, 2.45) is 5.92 Å². The van der Waals surface area contributed by atoms with E-state index in [2.05, 4.69) is 0 Å². The van der Waals surface area contributed by atoms with Crippen molar-refractivity contribution in [2.45, 2.75) is 25.7 Å². The Morgan fingerprint density at radius 3 is 2.25 bits per heavy atom. The Labute approximate surface area is 50.0 Å². The smallest absolute Gasteiger partial charge is 0.102 e. The van der Waals surface area contributed by atoms with Crippen molar-refractivity contribution < 1.29 is 4.74 Å². The first-order valence-corrected chi connectivity index (χ1v) is 3.45. The van der Waals surface area contributed by atoms with Gasteiger partial charge in [0.05, 0.1) is 6.61 Å². The lowest BCUT2D eigenvalue weighted by molar-refractivity contribution is -0.0127. The maximum atomic E-state index is 5.25. The largest absolute Gasteiger partial charge is 0.371 e. The van der Waals surface area contributed by atoms with Crippen LogP contribution in [0.5, 0.6) is 0 Å². The summed E-state index contributed by atoms with van der Waals surface area (Å²) < 4.78 is 5.25. The molecule has 0 atom stereocenters. The van der Waals surface area contributed by atoms with Gasteiger partial charge in [0.15, 0.2) is 0 Å². The van der Waals surface area contributed by atoms with Crippen molar-refractivity contribution >= 4 is 0 Å². The third-order valence-electron chi connectivity index (χ3n) is 2.20. The van der Waals surface area contributed by atoms with Crippen molar-refractivity contribution in [3.63, 3.8) is 0 Å². The van der Waals surface area contributed by atoms with Crippen LogP contribution in [0.1, 0.15) is 25.7 Å². The summed E-state index contributed by atoms with van der Waals surface area (Å²) in [6.07, 6.45) is 6.88. The van der Waals surface area contributed by atoms with Gasteiger partial charge >= 0.3 is 0 Å². The first-order chi connectivity index (χ1) is 3.97. The van der Waals surface area contributed by atoms with Crippen LogP contribution in [-0.4, -0.2) is 6.61 Å². The summed E-state index contributed by atoms with van der Waals surface area (Å²) in [6.45, 7) is 0.992. The number of rotatable bonds is 1. The molecule has 0 unspecified atom stereocenters. The predicted octanol–water partition coefficient (Wildman–Crippen LogP) is 1.74. The fourth-order valence-electron chi connectivity index (χ4n) is 1.27. The molecule has 45 valence electrons. The molecule has 0 bridgehead atoms. The van der Waals surface area contributed by atoms with Gasteiger partial charge in [0, 0.05) is 6.42 Å². The van der Waals surface area contributed by atoms with Crippen molar-refractivity contribution in [1.82, 2.24) is 0 Å². The van der Waals surface area contributed by atoms with Crippen molar-refractivity contribution in [3.05, 3.63) is 6.10 Å². The quantitative estimate of drug-likeness (QED) is 0.500. The molecule has 1 aliphatic carbocycles. The molecule has 1 heterocycles. The first kappa shape index (κ1) is 4.80. The summed E-state index contributed by atoms with van der Waals surface area (Å²) in [5.74, 6) is 0.878. The van der Waals surface area contributed by atoms with Gasteiger partial charge in [0.2, 0.25) is 0 Å². The lowest BCUT2D eigenvalue weighted by Gasteiger charge is -2.37. The van der Waals surface area contributed by atoms with E-state index in [1.807, 2.05) is 0 Å². The summed E-state index contributed by atoms with van der Waals surface area (Å²) >= 11 is 0. The molecule has 0 aromatic carbocycles. The van der Waals surface area contributed by atoms with E-state index in [-0.39, 0.29) is 0 Å². The van der Waals surface area contributed by atoms with Gasteiger partial charge in [-0.2, -0.15) is 0 Å². The molecule has 2 rings (SSSR count). The Balaban J connectivity index is 1.79. The molecule has 1 saturated carbocycles. The highest BCUT2D eigenvalue weighted by Gasteiger charge is 2.33. The predicted molar refractivity (Wildman–Crippen MR) is 31.2 cm³/mol. The van der Waals surface area contributed by atoms with Gasteiger partial charge in [-0.3, -0.25) is 0 Å². The Morgan fingerprint density at radius 2 is 2.12 bits per heavy atom. The fourth-order valence-corrected chi connectivity index (χ4v) is 1.27. The Kier molecular flexibility index (Phi) is 1.04. The van der Waals surface area contributed by atoms with E-state index in [0.717, 1.165) is 12.5 Å². The SMILES string of the molecule is C1CC([C]2CCO2)C1. The number of hydrogen-bond donors (Lipinski definition) is 0. The number of ether oxygens (including phenoxy) is 1. The minimum absolute atomic E-state index is 0.878. The fraction of sp³-hybridized carbons (Fsp3) is 0.857. The zero-order valence-electron chi connectivity index (χ0n) is 5.02. The molecule has 0 amide bonds. The van der Waals surface area contributed by atoms with Crippen molar-refractivity contribution in [3.8, 4) is 0 Å². The van der Waals surface area contributed by atoms with Crippen molar-refractivity contribution in [2.75, 3.05) is 6.61 Å².